The maximum Gasteiger partial charge on any atom is 0.243 e. The van der Waals surface area contributed by atoms with Gasteiger partial charge in [-0.05, 0) is 40.8 Å². The molecule has 1 amide bonds. The first-order chi connectivity index (χ1) is 12.9. The lowest BCUT2D eigenvalue weighted by Gasteiger charge is -2.17. The number of carbonyl (C=O) groups excluding carboxylic acids is 1. The van der Waals surface area contributed by atoms with Gasteiger partial charge in [0.15, 0.2) is 0 Å². The molecule has 1 N–H and O–H groups in total. The average molecular weight is 390 g/mol. The monoisotopic (exact) mass is 390 g/mol. The fraction of sp³-hybridized carbons (Fsp3) is 0.125. The van der Waals surface area contributed by atoms with E-state index < -0.39 is 28.3 Å². The standard InChI is InChI=1S/C16H15FN6O3S/c1-22(27(25,26)13-5-3-2-4-6-13)10-16(24)19-15-9-12(7-8-14(15)17)23-11-18-20-21-23/h2-9,11H,10H2,1H3,(H,19,24). The van der Waals surface area contributed by atoms with Gasteiger partial charge >= 0.3 is 0 Å². The molecule has 0 bridgehead atoms. The van der Waals surface area contributed by atoms with E-state index in [0.717, 1.165) is 10.4 Å². The number of halogens is 1. The Hall–Kier alpha value is -3.18. The molecular weight excluding hydrogens is 375 g/mol. The quantitative estimate of drug-likeness (QED) is 0.674. The van der Waals surface area contributed by atoms with Gasteiger partial charge in [0.1, 0.15) is 12.1 Å². The first-order valence-corrected chi connectivity index (χ1v) is 9.16. The van der Waals surface area contributed by atoms with Crippen molar-refractivity contribution >= 4 is 21.6 Å². The van der Waals surface area contributed by atoms with Crippen LogP contribution in [0.1, 0.15) is 0 Å². The molecule has 0 unspecified atom stereocenters. The van der Waals surface area contributed by atoms with Gasteiger partial charge in [0.05, 0.1) is 22.8 Å². The Bertz CT molecular complexity index is 1040. The molecule has 0 saturated heterocycles. The molecule has 3 rings (SSSR count). The molecule has 0 saturated carbocycles. The molecule has 1 aromatic heterocycles. The maximum absolute atomic E-state index is 14.0. The van der Waals surface area contributed by atoms with Crippen molar-refractivity contribution in [3.63, 3.8) is 0 Å². The lowest BCUT2D eigenvalue weighted by atomic mass is 10.2. The van der Waals surface area contributed by atoms with E-state index in [1.165, 1.54) is 42.3 Å². The van der Waals surface area contributed by atoms with Crippen molar-refractivity contribution in [3.8, 4) is 5.69 Å². The van der Waals surface area contributed by atoms with E-state index in [4.69, 9.17) is 0 Å². The van der Waals surface area contributed by atoms with Gasteiger partial charge in [0, 0.05) is 7.05 Å². The van der Waals surface area contributed by atoms with E-state index >= 15 is 0 Å². The van der Waals surface area contributed by atoms with Crippen LogP contribution in [0, 0.1) is 5.82 Å². The number of benzene rings is 2. The molecular formula is C16H15FN6O3S. The summed E-state index contributed by atoms with van der Waals surface area (Å²) in [5.74, 6) is -1.36. The largest absolute Gasteiger partial charge is 0.322 e. The SMILES string of the molecule is CN(CC(=O)Nc1cc(-n2cnnn2)ccc1F)S(=O)(=O)c1ccccc1. The van der Waals surface area contributed by atoms with Crippen molar-refractivity contribution in [2.45, 2.75) is 4.90 Å². The molecule has 3 aromatic rings. The minimum atomic E-state index is -3.83. The van der Waals surface area contributed by atoms with Gasteiger partial charge in [-0.2, -0.15) is 4.31 Å². The van der Waals surface area contributed by atoms with Crippen LogP contribution < -0.4 is 5.32 Å². The van der Waals surface area contributed by atoms with E-state index in [-0.39, 0.29) is 10.6 Å². The summed E-state index contributed by atoms with van der Waals surface area (Å²) in [5.41, 5.74) is 0.320. The van der Waals surface area contributed by atoms with E-state index in [0.29, 0.717) is 5.69 Å². The van der Waals surface area contributed by atoms with Crippen LogP contribution in [-0.4, -0.2) is 52.4 Å². The molecule has 1 heterocycles. The number of hydrogen-bond acceptors (Lipinski definition) is 6. The minimum absolute atomic E-state index is 0.0622. The second kappa shape index (κ2) is 7.60. The molecule has 9 nitrogen and oxygen atoms in total. The highest BCUT2D eigenvalue weighted by Gasteiger charge is 2.23. The molecule has 0 atom stereocenters. The topological polar surface area (TPSA) is 110 Å². The van der Waals surface area contributed by atoms with Gasteiger partial charge in [0.25, 0.3) is 0 Å². The van der Waals surface area contributed by atoms with Crippen LogP contribution in [0.15, 0.2) is 59.8 Å². The average Bonchev–Trinajstić information content (AvgIpc) is 3.19. The number of tetrazole rings is 1. The third-order valence-electron chi connectivity index (χ3n) is 3.66. The van der Waals surface area contributed by atoms with Crippen LogP contribution in [-0.2, 0) is 14.8 Å². The second-order valence-electron chi connectivity index (χ2n) is 5.54. The highest BCUT2D eigenvalue weighted by molar-refractivity contribution is 7.89. The summed E-state index contributed by atoms with van der Waals surface area (Å²) in [4.78, 5) is 12.3. The zero-order valence-corrected chi connectivity index (χ0v) is 15.0. The Morgan fingerprint density at radius 2 is 1.96 bits per heavy atom. The maximum atomic E-state index is 14.0. The summed E-state index contributed by atoms with van der Waals surface area (Å²) in [7, 11) is -2.56. The Balaban J connectivity index is 1.73. The number of aromatic nitrogens is 4. The van der Waals surface area contributed by atoms with Gasteiger partial charge in [-0.25, -0.2) is 17.5 Å². The number of amides is 1. The van der Waals surface area contributed by atoms with E-state index in [9.17, 15) is 17.6 Å². The summed E-state index contributed by atoms with van der Waals surface area (Å²) in [6.45, 7) is -0.480. The number of nitrogens with one attached hydrogen (secondary N) is 1. The third kappa shape index (κ3) is 4.15. The molecule has 0 aliphatic rings. The van der Waals surface area contributed by atoms with Gasteiger partial charge in [-0.15, -0.1) is 5.10 Å². The van der Waals surface area contributed by atoms with Crippen LogP contribution in [0.2, 0.25) is 0 Å². The normalized spacial score (nSPS) is 11.5. The number of likely N-dealkylation sites (N-methyl/N-ethyl adjacent to an activating group) is 1. The summed E-state index contributed by atoms with van der Waals surface area (Å²) >= 11 is 0. The first-order valence-electron chi connectivity index (χ1n) is 7.72. The third-order valence-corrected chi connectivity index (χ3v) is 5.47. The van der Waals surface area contributed by atoms with Crippen LogP contribution in [0.25, 0.3) is 5.69 Å². The van der Waals surface area contributed by atoms with Crippen molar-refractivity contribution in [2.75, 3.05) is 18.9 Å². The molecule has 0 fully saturated rings. The molecule has 27 heavy (non-hydrogen) atoms. The first kappa shape index (κ1) is 18.6. The molecule has 0 aliphatic carbocycles. The summed E-state index contributed by atoms with van der Waals surface area (Å²) in [6, 6.07) is 11.6. The number of carbonyl (C=O) groups is 1. The molecule has 0 spiro atoms. The van der Waals surface area contributed by atoms with Crippen LogP contribution in [0.4, 0.5) is 10.1 Å². The Morgan fingerprint density at radius 1 is 1.22 bits per heavy atom. The fourth-order valence-corrected chi connectivity index (χ4v) is 3.43. The lowest BCUT2D eigenvalue weighted by Crippen LogP contribution is -2.35. The molecule has 11 heteroatoms. The predicted molar refractivity (Wildman–Crippen MR) is 94.0 cm³/mol. The smallest absolute Gasteiger partial charge is 0.243 e. The van der Waals surface area contributed by atoms with Crippen LogP contribution in [0.5, 0.6) is 0 Å². The Morgan fingerprint density at radius 3 is 2.63 bits per heavy atom. The van der Waals surface area contributed by atoms with Gasteiger partial charge in [-0.3, -0.25) is 4.79 Å². The summed E-state index contributed by atoms with van der Waals surface area (Å²) in [5, 5.41) is 13.0. The van der Waals surface area contributed by atoms with E-state index in [1.807, 2.05) is 0 Å². The zero-order chi connectivity index (χ0) is 19.4. The Labute approximate surface area is 154 Å². The molecule has 0 aliphatic heterocycles. The number of sulfonamides is 1. The van der Waals surface area contributed by atoms with Crippen LogP contribution >= 0.6 is 0 Å². The highest BCUT2D eigenvalue weighted by atomic mass is 32.2. The predicted octanol–water partition coefficient (Wildman–Crippen LogP) is 1.06. The van der Waals surface area contributed by atoms with E-state index in [1.54, 1.807) is 18.2 Å². The van der Waals surface area contributed by atoms with Crippen molar-refractivity contribution in [1.29, 1.82) is 0 Å². The van der Waals surface area contributed by atoms with Gasteiger partial charge < -0.3 is 5.32 Å². The van der Waals surface area contributed by atoms with Crippen molar-refractivity contribution in [1.82, 2.24) is 24.5 Å². The number of anilines is 1. The summed E-state index contributed by atoms with van der Waals surface area (Å²) < 4.78 is 41.1. The highest BCUT2D eigenvalue weighted by Crippen LogP contribution is 2.19. The number of rotatable bonds is 6. The van der Waals surface area contributed by atoms with Crippen molar-refractivity contribution < 1.29 is 17.6 Å². The summed E-state index contributed by atoms with van der Waals surface area (Å²) in [6.07, 6.45) is 1.32. The molecule has 140 valence electrons. The lowest BCUT2D eigenvalue weighted by molar-refractivity contribution is -0.116. The minimum Gasteiger partial charge on any atom is -0.322 e. The van der Waals surface area contributed by atoms with Crippen molar-refractivity contribution in [2.24, 2.45) is 0 Å². The number of hydrogen-bond donors (Lipinski definition) is 1. The van der Waals surface area contributed by atoms with Crippen molar-refractivity contribution in [3.05, 3.63) is 60.7 Å². The zero-order valence-electron chi connectivity index (χ0n) is 14.2. The second-order valence-corrected chi connectivity index (χ2v) is 7.59. The van der Waals surface area contributed by atoms with Crippen LogP contribution in [0.3, 0.4) is 0 Å². The molecule has 2 aromatic carbocycles. The van der Waals surface area contributed by atoms with Gasteiger partial charge in [-0.1, -0.05) is 18.2 Å². The molecule has 0 radical (unpaired) electrons. The van der Waals surface area contributed by atoms with Gasteiger partial charge in [0.2, 0.25) is 15.9 Å². The van der Waals surface area contributed by atoms with E-state index in [2.05, 4.69) is 20.8 Å². The fourth-order valence-electron chi connectivity index (χ4n) is 2.28. The Kier molecular flexibility index (Phi) is 5.23. The number of nitrogens with zero attached hydrogens (tertiary/aromatic N) is 5.